The molecule has 0 bridgehead atoms. The molecule has 16 heavy (non-hydrogen) atoms. The fourth-order valence-electron chi connectivity index (χ4n) is 0.599. The van der Waals surface area contributed by atoms with Gasteiger partial charge in [0.15, 0.2) is 0 Å². The summed E-state index contributed by atoms with van der Waals surface area (Å²) in [4.78, 5) is 9.77. The molecule has 0 aliphatic carbocycles. The molecule has 0 unspecified atom stereocenters. The van der Waals surface area contributed by atoms with Crippen molar-refractivity contribution in [3.63, 3.8) is 0 Å². The van der Waals surface area contributed by atoms with Gasteiger partial charge in [0.25, 0.3) is 0 Å². The zero-order valence-electron chi connectivity index (χ0n) is 8.50. The molecule has 0 heterocycles. The van der Waals surface area contributed by atoms with Crippen LogP contribution in [0.15, 0.2) is 0 Å². The molecule has 0 rings (SSSR count). The normalized spacial score (nSPS) is 13.1. The standard InChI is InChI=1S/C5H7F4O5P.Na/c1-13-15(12,14-2)5(8,9)4(6,7)3(10)11;/h1-2H3,(H,10,11);/q;+1/p-1. The zero-order valence-corrected chi connectivity index (χ0v) is 11.4. The van der Waals surface area contributed by atoms with E-state index in [9.17, 15) is 32.0 Å². The maximum absolute atomic E-state index is 12.8. The Balaban J connectivity index is 0. The average molecular weight is 276 g/mol. The van der Waals surface area contributed by atoms with Gasteiger partial charge in [-0.15, -0.1) is 0 Å². The van der Waals surface area contributed by atoms with Gasteiger partial charge in [0, 0.05) is 14.2 Å². The Kier molecular flexibility index (Phi) is 6.77. The van der Waals surface area contributed by atoms with Gasteiger partial charge in [0.2, 0.25) is 0 Å². The van der Waals surface area contributed by atoms with Gasteiger partial charge in [-0.05, 0) is 0 Å². The second-order valence-electron chi connectivity index (χ2n) is 2.27. The molecule has 0 N–H and O–H groups in total. The van der Waals surface area contributed by atoms with E-state index >= 15 is 0 Å². The van der Waals surface area contributed by atoms with E-state index in [2.05, 4.69) is 9.05 Å². The number of halogens is 4. The van der Waals surface area contributed by atoms with Crippen molar-refractivity contribution in [3.8, 4) is 0 Å². The number of carboxylic acid groups (broad SMARTS) is 1. The third-order valence-electron chi connectivity index (χ3n) is 1.46. The Bertz CT molecular complexity index is 301. The summed E-state index contributed by atoms with van der Waals surface area (Å²) >= 11 is 0. The molecule has 0 aliphatic rings. The summed E-state index contributed by atoms with van der Waals surface area (Å²) in [5.41, 5.74) is -5.51. The summed E-state index contributed by atoms with van der Waals surface area (Å²) < 4.78 is 68.7. The molecule has 0 radical (unpaired) electrons. The molecule has 0 aromatic carbocycles. The first-order valence-electron chi connectivity index (χ1n) is 3.25. The third-order valence-corrected chi connectivity index (χ3v) is 3.39. The minimum absolute atomic E-state index is 0. The molecule has 11 heteroatoms. The van der Waals surface area contributed by atoms with Crippen LogP contribution < -0.4 is 34.7 Å². The number of rotatable bonds is 5. The second kappa shape index (κ2) is 5.79. The topological polar surface area (TPSA) is 75.7 Å². The molecule has 0 aliphatic heterocycles. The number of alkyl halides is 4. The number of hydrogen-bond acceptors (Lipinski definition) is 5. The molecule has 0 atom stereocenters. The number of hydrogen-bond donors (Lipinski definition) is 0. The van der Waals surface area contributed by atoms with Crippen molar-refractivity contribution in [2.75, 3.05) is 14.2 Å². The van der Waals surface area contributed by atoms with Crippen LogP contribution in [0.1, 0.15) is 0 Å². The molecule has 5 nitrogen and oxygen atoms in total. The van der Waals surface area contributed by atoms with Gasteiger partial charge >= 0.3 is 48.7 Å². The van der Waals surface area contributed by atoms with Gasteiger partial charge in [-0.3, -0.25) is 4.57 Å². The summed E-state index contributed by atoms with van der Waals surface area (Å²) in [6.45, 7) is 0. The van der Waals surface area contributed by atoms with Crippen LogP contribution in [0.4, 0.5) is 17.6 Å². The van der Waals surface area contributed by atoms with E-state index < -0.39 is 25.2 Å². The van der Waals surface area contributed by atoms with Gasteiger partial charge in [-0.1, -0.05) is 0 Å². The summed E-state index contributed by atoms with van der Waals surface area (Å²) in [7, 11) is -4.72. The molecule has 0 aromatic rings. The van der Waals surface area contributed by atoms with E-state index in [0.717, 1.165) is 0 Å². The predicted octanol–water partition coefficient (Wildman–Crippen LogP) is -2.55. The summed E-state index contributed by atoms with van der Waals surface area (Å²) in [5, 5.41) is 9.77. The Labute approximate surface area is 110 Å². The monoisotopic (exact) mass is 276 g/mol. The van der Waals surface area contributed by atoms with Crippen molar-refractivity contribution in [2.45, 2.75) is 11.6 Å². The molecule has 0 saturated heterocycles. The van der Waals surface area contributed by atoms with E-state index in [0.29, 0.717) is 14.2 Å². The molecular formula is C5H6F4NaO5P. The minimum atomic E-state index is -5.66. The van der Waals surface area contributed by atoms with Crippen molar-refractivity contribution in [3.05, 3.63) is 0 Å². The fourth-order valence-corrected chi connectivity index (χ4v) is 1.64. The Morgan fingerprint density at radius 3 is 1.69 bits per heavy atom. The Morgan fingerprint density at radius 2 is 1.50 bits per heavy atom. The molecular weight excluding hydrogens is 270 g/mol. The van der Waals surface area contributed by atoms with Crippen LogP contribution in [0.5, 0.6) is 0 Å². The predicted molar refractivity (Wildman–Crippen MR) is 36.5 cm³/mol. The van der Waals surface area contributed by atoms with Crippen molar-refractivity contribution in [2.24, 2.45) is 0 Å². The molecule has 0 saturated carbocycles. The first-order chi connectivity index (χ1) is 6.56. The minimum Gasteiger partial charge on any atom is -0.544 e. The molecule has 0 fully saturated rings. The van der Waals surface area contributed by atoms with E-state index in [4.69, 9.17) is 0 Å². The first kappa shape index (κ1) is 18.7. The van der Waals surface area contributed by atoms with Gasteiger partial charge < -0.3 is 18.9 Å². The van der Waals surface area contributed by atoms with Crippen LogP contribution in [0, 0.1) is 0 Å². The summed E-state index contributed by atoms with van der Waals surface area (Å²) in [6.07, 6.45) is 0. The first-order valence-corrected chi connectivity index (χ1v) is 4.79. The Hall–Kier alpha value is 0.340. The van der Waals surface area contributed by atoms with E-state index in [1.54, 1.807) is 0 Å². The van der Waals surface area contributed by atoms with Crippen LogP contribution in [0.25, 0.3) is 0 Å². The number of carbonyl (C=O) groups is 1. The van der Waals surface area contributed by atoms with E-state index in [1.807, 2.05) is 0 Å². The van der Waals surface area contributed by atoms with Crippen molar-refractivity contribution < 1.29 is 70.6 Å². The molecule has 0 spiro atoms. The largest absolute Gasteiger partial charge is 1.00 e. The van der Waals surface area contributed by atoms with Crippen molar-refractivity contribution in [1.82, 2.24) is 0 Å². The smallest absolute Gasteiger partial charge is 0.544 e. The second-order valence-corrected chi connectivity index (χ2v) is 4.55. The SMILES string of the molecule is COP(=O)(OC)C(F)(F)C(F)(F)C(=O)[O-].[Na+]. The van der Waals surface area contributed by atoms with Gasteiger partial charge in [-0.25, -0.2) is 0 Å². The number of carboxylic acids is 1. The fraction of sp³-hybridized carbons (Fsp3) is 0.800. The van der Waals surface area contributed by atoms with Gasteiger partial charge in [0.05, 0.1) is 0 Å². The molecule has 90 valence electrons. The number of aliphatic carboxylic acids is 1. The van der Waals surface area contributed by atoms with E-state index in [-0.39, 0.29) is 29.6 Å². The van der Waals surface area contributed by atoms with Crippen LogP contribution in [0.2, 0.25) is 0 Å². The number of carbonyl (C=O) groups excluding carboxylic acids is 1. The molecule has 0 aromatic heterocycles. The third kappa shape index (κ3) is 2.77. The van der Waals surface area contributed by atoms with E-state index in [1.165, 1.54) is 0 Å². The van der Waals surface area contributed by atoms with Crippen LogP contribution in [0.3, 0.4) is 0 Å². The maximum atomic E-state index is 12.8. The summed E-state index contributed by atoms with van der Waals surface area (Å²) in [5.74, 6) is -9.03. The quantitative estimate of drug-likeness (QED) is 0.314. The van der Waals surface area contributed by atoms with Crippen molar-refractivity contribution >= 4 is 13.6 Å². The van der Waals surface area contributed by atoms with Crippen molar-refractivity contribution in [1.29, 1.82) is 0 Å². The zero-order chi connectivity index (χ0) is 12.5. The summed E-state index contributed by atoms with van der Waals surface area (Å²) in [6, 6.07) is 0. The molecule has 0 amide bonds. The Morgan fingerprint density at radius 1 is 1.19 bits per heavy atom. The van der Waals surface area contributed by atoms with Crippen LogP contribution >= 0.6 is 7.60 Å². The van der Waals surface area contributed by atoms with Gasteiger partial charge in [-0.2, -0.15) is 17.6 Å². The maximum Gasteiger partial charge on any atom is 1.00 e. The average Bonchev–Trinajstić information content (AvgIpc) is 2.15. The van der Waals surface area contributed by atoms with Crippen LogP contribution in [-0.4, -0.2) is 31.8 Å². The van der Waals surface area contributed by atoms with Crippen LogP contribution in [-0.2, 0) is 18.4 Å². The van der Waals surface area contributed by atoms with Gasteiger partial charge in [0.1, 0.15) is 5.97 Å².